The molecule has 1 atom stereocenters. The van der Waals surface area contributed by atoms with Gasteiger partial charge in [0.1, 0.15) is 0 Å². The van der Waals surface area contributed by atoms with E-state index in [1.54, 1.807) is 0 Å². The van der Waals surface area contributed by atoms with Crippen molar-refractivity contribution >= 4 is 15.9 Å². The topological polar surface area (TPSA) is 24.9 Å². The number of aromatic nitrogens is 1. The van der Waals surface area contributed by atoms with Gasteiger partial charge in [0.25, 0.3) is 0 Å². The maximum Gasteiger partial charge on any atom is 0.0410 e. The normalized spacial score (nSPS) is 12.4. The SMILES string of the molecule is CCNC(Cc1cncc(Br)c1)c1ccc(C)cc1C. The van der Waals surface area contributed by atoms with Gasteiger partial charge in [0.05, 0.1) is 0 Å². The molecule has 0 aliphatic heterocycles. The minimum absolute atomic E-state index is 0.330. The third-order valence-corrected chi connectivity index (χ3v) is 3.89. The van der Waals surface area contributed by atoms with Crippen LogP contribution in [0.3, 0.4) is 0 Å². The number of nitrogens with zero attached hydrogens (tertiary/aromatic N) is 1. The van der Waals surface area contributed by atoms with Gasteiger partial charge < -0.3 is 5.32 Å². The van der Waals surface area contributed by atoms with Crippen LogP contribution in [0.1, 0.15) is 35.2 Å². The van der Waals surface area contributed by atoms with Gasteiger partial charge in [-0.3, -0.25) is 4.98 Å². The van der Waals surface area contributed by atoms with Gasteiger partial charge >= 0.3 is 0 Å². The minimum Gasteiger partial charge on any atom is -0.310 e. The smallest absolute Gasteiger partial charge is 0.0410 e. The molecule has 2 nitrogen and oxygen atoms in total. The molecule has 0 saturated heterocycles. The number of hydrogen-bond acceptors (Lipinski definition) is 2. The van der Waals surface area contributed by atoms with Crippen molar-refractivity contribution in [3.63, 3.8) is 0 Å². The van der Waals surface area contributed by atoms with Crippen LogP contribution in [-0.4, -0.2) is 11.5 Å². The Morgan fingerprint density at radius 2 is 2.00 bits per heavy atom. The number of pyridine rings is 1. The zero-order valence-electron chi connectivity index (χ0n) is 12.3. The molecule has 0 aliphatic carbocycles. The Balaban J connectivity index is 2.26. The van der Waals surface area contributed by atoms with E-state index in [-0.39, 0.29) is 0 Å². The largest absolute Gasteiger partial charge is 0.310 e. The number of nitrogens with one attached hydrogen (secondary N) is 1. The van der Waals surface area contributed by atoms with Gasteiger partial charge in [0.15, 0.2) is 0 Å². The number of aryl methyl sites for hydroxylation is 2. The number of halogens is 1. The lowest BCUT2D eigenvalue weighted by Gasteiger charge is -2.21. The van der Waals surface area contributed by atoms with Crippen LogP contribution < -0.4 is 5.32 Å². The Morgan fingerprint density at radius 3 is 2.65 bits per heavy atom. The molecule has 3 heteroatoms. The number of benzene rings is 1. The van der Waals surface area contributed by atoms with Crippen molar-refractivity contribution in [1.82, 2.24) is 10.3 Å². The molecule has 2 aromatic rings. The van der Waals surface area contributed by atoms with Crippen molar-refractivity contribution < 1.29 is 0 Å². The molecule has 0 spiro atoms. The molecule has 0 aliphatic rings. The molecule has 0 amide bonds. The maximum atomic E-state index is 4.25. The first-order valence-corrected chi connectivity index (χ1v) is 7.79. The predicted octanol–water partition coefficient (Wildman–Crippen LogP) is 4.35. The van der Waals surface area contributed by atoms with Gasteiger partial charge in [0.2, 0.25) is 0 Å². The fourth-order valence-corrected chi connectivity index (χ4v) is 2.97. The van der Waals surface area contributed by atoms with Crippen molar-refractivity contribution in [2.45, 2.75) is 33.2 Å². The summed E-state index contributed by atoms with van der Waals surface area (Å²) in [5.74, 6) is 0. The summed E-state index contributed by atoms with van der Waals surface area (Å²) in [7, 11) is 0. The van der Waals surface area contributed by atoms with Crippen molar-refractivity contribution in [1.29, 1.82) is 0 Å². The van der Waals surface area contributed by atoms with E-state index in [0.717, 1.165) is 17.4 Å². The fourth-order valence-electron chi connectivity index (χ4n) is 2.56. The van der Waals surface area contributed by atoms with Gasteiger partial charge in [-0.05, 0) is 65.5 Å². The average molecular weight is 333 g/mol. The van der Waals surface area contributed by atoms with Crippen LogP contribution >= 0.6 is 15.9 Å². The average Bonchev–Trinajstić information content (AvgIpc) is 2.38. The number of rotatable bonds is 5. The van der Waals surface area contributed by atoms with Gasteiger partial charge in [-0.1, -0.05) is 30.7 Å². The third-order valence-electron chi connectivity index (χ3n) is 3.45. The lowest BCUT2D eigenvalue weighted by Crippen LogP contribution is -2.23. The summed E-state index contributed by atoms with van der Waals surface area (Å²) in [6, 6.07) is 9.14. The standard InChI is InChI=1S/C17H21BrN2/c1-4-20-17(9-14-8-15(18)11-19-10-14)16-6-5-12(2)7-13(16)3/h5-8,10-11,17,20H,4,9H2,1-3H3. The highest BCUT2D eigenvalue weighted by atomic mass is 79.9. The van der Waals surface area contributed by atoms with Crippen molar-refractivity contribution in [2.24, 2.45) is 0 Å². The van der Waals surface area contributed by atoms with Gasteiger partial charge in [0, 0.05) is 22.9 Å². The van der Waals surface area contributed by atoms with Crippen LogP contribution in [0.5, 0.6) is 0 Å². The van der Waals surface area contributed by atoms with E-state index in [0.29, 0.717) is 6.04 Å². The van der Waals surface area contributed by atoms with E-state index in [2.05, 4.69) is 71.3 Å². The second-order valence-electron chi connectivity index (χ2n) is 5.19. The highest BCUT2D eigenvalue weighted by molar-refractivity contribution is 9.10. The molecule has 0 radical (unpaired) electrons. The predicted molar refractivity (Wildman–Crippen MR) is 88.0 cm³/mol. The van der Waals surface area contributed by atoms with Crippen LogP contribution in [0.2, 0.25) is 0 Å². The summed E-state index contributed by atoms with van der Waals surface area (Å²) in [6.07, 6.45) is 4.71. The number of likely N-dealkylation sites (N-methyl/N-ethyl adjacent to an activating group) is 1. The molecule has 2 rings (SSSR count). The second kappa shape index (κ2) is 7.00. The minimum atomic E-state index is 0.330. The molecule has 0 fully saturated rings. The van der Waals surface area contributed by atoms with Gasteiger partial charge in [-0.25, -0.2) is 0 Å². The Bertz CT molecular complexity index is 581. The van der Waals surface area contributed by atoms with Crippen LogP contribution in [0.15, 0.2) is 41.1 Å². The molecule has 1 heterocycles. The van der Waals surface area contributed by atoms with Crippen molar-refractivity contribution in [2.75, 3.05) is 6.54 Å². The zero-order chi connectivity index (χ0) is 14.5. The summed E-state index contributed by atoms with van der Waals surface area (Å²) < 4.78 is 1.03. The van der Waals surface area contributed by atoms with Crippen molar-refractivity contribution in [3.8, 4) is 0 Å². The Morgan fingerprint density at radius 1 is 1.20 bits per heavy atom. The lowest BCUT2D eigenvalue weighted by molar-refractivity contribution is 0.546. The molecule has 1 unspecified atom stereocenters. The molecular formula is C17H21BrN2. The Labute approximate surface area is 129 Å². The summed E-state index contributed by atoms with van der Waals surface area (Å²) >= 11 is 3.49. The first-order chi connectivity index (χ1) is 9.60. The van der Waals surface area contributed by atoms with E-state index in [4.69, 9.17) is 0 Å². The van der Waals surface area contributed by atoms with Crippen LogP contribution in [0.4, 0.5) is 0 Å². The molecule has 0 bridgehead atoms. The lowest BCUT2D eigenvalue weighted by atomic mass is 9.95. The van der Waals surface area contributed by atoms with E-state index < -0.39 is 0 Å². The monoisotopic (exact) mass is 332 g/mol. The quantitative estimate of drug-likeness (QED) is 0.880. The fraction of sp³-hybridized carbons (Fsp3) is 0.353. The first kappa shape index (κ1) is 15.2. The van der Waals surface area contributed by atoms with Crippen LogP contribution in [0.25, 0.3) is 0 Å². The summed E-state index contributed by atoms with van der Waals surface area (Å²) in [5, 5.41) is 3.58. The van der Waals surface area contributed by atoms with Gasteiger partial charge in [-0.15, -0.1) is 0 Å². The summed E-state index contributed by atoms with van der Waals surface area (Å²) in [4.78, 5) is 4.25. The van der Waals surface area contributed by atoms with Crippen LogP contribution in [0, 0.1) is 13.8 Å². The molecule has 1 aromatic carbocycles. The highest BCUT2D eigenvalue weighted by Crippen LogP contribution is 2.23. The van der Waals surface area contributed by atoms with E-state index >= 15 is 0 Å². The molecular weight excluding hydrogens is 312 g/mol. The van der Waals surface area contributed by atoms with Crippen LogP contribution in [-0.2, 0) is 6.42 Å². The molecule has 20 heavy (non-hydrogen) atoms. The summed E-state index contributed by atoms with van der Waals surface area (Å²) in [5.41, 5.74) is 5.27. The Kier molecular flexibility index (Phi) is 5.32. The molecule has 1 N–H and O–H groups in total. The zero-order valence-corrected chi connectivity index (χ0v) is 13.9. The van der Waals surface area contributed by atoms with Crippen molar-refractivity contribution in [3.05, 3.63) is 63.4 Å². The molecule has 106 valence electrons. The second-order valence-corrected chi connectivity index (χ2v) is 6.10. The Hall–Kier alpha value is -1.19. The third kappa shape index (κ3) is 3.90. The molecule has 1 aromatic heterocycles. The summed E-state index contributed by atoms with van der Waals surface area (Å²) in [6.45, 7) is 7.43. The molecule has 0 saturated carbocycles. The van der Waals surface area contributed by atoms with E-state index in [9.17, 15) is 0 Å². The highest BCUT2D eigenvalue weighted by Gasteiger charge is 2.14. The van der Waals surface area contributed by atoms with Gasteiger partial charge in [-0.2, -0.15) is 0 Å². The van der Waals surface area contributed by atoms with E-state index in [1.807, 2.05) is 12.4 Å². The maximum absolute atomic E-state index is 4.25. The van der Waals surface area contributed by atoms with E-state index in [1.165, 1.54) is 22.3 Å². The number of hydrogen-bond donors (Lipinski definition) is 1. The first-order valence-electron chi connectivity index (χ1n) is 7.00.